The highest BCUT2D eigenvalue weighted by Crippen LogP contribution is 2.44. The third-order valence-corrected chi connectivity index (χ3v) is 8.48. The Morgan fingerprint density at radius 2 is 1.62 bits per heavy atom. The predicted octanol–water partition coefficient (Wildman–Crippen LogP) is 5.48. The lowest BCUT2D eigenvalue weighted by Crippen LogP contribution is -2.41. The predicted molar refractivity (Wildman–Crippen MR) is 151 cm³/mol. The van der Waals surface area contributed by atoms with E-state index in [0.717, 1.165) is 11.1 Å². The zero-order valence-corrected chi connectivity index (χ0v) is 23.5. The minimum atomic E-state index is -0.714. The first kappa shape index (κ1) is 27.1. The van der Waals surface area contributed by atoms with Crippen LogP contribution in [0.3, 0.4) is 0 Å². The van der Waals surface area contributed by atoms with Gasteiger partial charge in [0.15, 0.2) is 0 Å². The van der Waals surface area contributed by atoms with Gasteiger partial charge in [-0.15, -0.1) is 11.3 Å². The molecule has 202 valence electrons. The molecule has 8 nitrogen and oxygen atoms in total. The van der Waals surface area contributed by atoms with Gasteiger partial charge in [-0.25, -0.2) is 14.6 Å². The maximum absolute atomic E-state index is 12.9. The molecule has 0 saturated carbocycles. The van der Waals surface area contributed by atoms with Crippen molar-refractivity contribution in [2.75, 3.05) is 20.3 Å². The van der Waals surface area contributed by atoms with Crippen molar-refractivity contribution in [3.05, 3.63) is 81.2 Å². The van der Waals surface area contributed by atoms with Gasteiger partial charge in [0.25, 0.3) is 0 Å². The van der Waals surface area contributed by atoms with Crippen LogP contribution in [0.4, 0.5) is 4.79 Å². The molecule has 2 heterocycles. The Morgan fingerprint density at radius 1 is 1.03 bits per heavy atom. The van der Waals surface area contributed by atoms with E-state index in [1.165, 1.54) is 35.8 Å². The molecule has 0 atom stereocenters. The number of amides is 1. The third-order valence-electron chi connectivity index (χ3n) is 7.56. The number of carbonyl (C=O) groups is 2. The van der Waals surface area contributed by atoms with Crippen molar-refractivity contribution >= 4 is 36.6 Å². The Labute approximate surface area is 232 Å². The summed E-state index contributed by atoms with van der Waals surface area (Å²) in [5.74, 6) is -0.491. The molecule has 1 aromatic heterocycles. The van der Waals surface area contributed by atoms with E-state index in [0.29, 0.717) is 15.4 Å². The zero-order valence-electron chi connectivity index (χ0n) is 22.6. The summed E-state index contributed by atoms with van der Waals surface area (Å²) in [6.45, 7) is 8.17. The molecular weight excluding hydrogens is 515 g/mol. The summed E-state index contributed by atoms with van der Waals surface area (Å²) in [7, 11) is 0.612. The Hall–Kier alpha value is -3.47. The molecule has 2 aliphatic rings. The maximum atomic E-state index is 12.9. The number of benzene rings is 2. The van der Waals surface area contributed by atoms with E-state index in [4.69, 9.17) is 18.8 Å². The summed E-state index contributed by atoms with van der Waals surface area (Å²) in [6.07, 6.45) is 2.68. The van der Waals surface area contributed by atoms with Crippen molar-refractivity contribution in [2.45, 2.75) is 44.8 Å². The summed E-state index contributed by atoms with van der Waals surface area (Å²) in [4.78, 5) is 29.4. The highest BCUT2D eigenvalue weighted by molar-refractivity contribution is 7.14. The number of fused-ring (bicyclic) bond motifs is 3. The minimum absolute atomic E-state index is 0.0340. The number of carbonyl (C=O) groups excluding carboxylic acids is 2. The number of thiazole rings is 1. The lowest BCUT2D eigenvalue weighted by molar-refractivity contribution is 0.00578. The number of rotatable bonds is 7. The number of aromatic nitrogens is 1. The summed E-state index contributed by atoms with van der Waals surface area (Å²) >= 11 is 1.18. The van der Waals surface area contributed by atoms with Crippen molar-refractivity contribution in [1.29, 1.82) is 0 Å². The molecule has 0 spiro atoms. The van der Waals surface area contributed by atoms with E-state index >= 15 is 0 Å². The molecule has 10 heteroatoms. The highest BCUT2D eigenvalue weighted by Gasteiger charge is 2.52. The summed E-state index contributed by atoms with van der Waals surface area (Å²) in [6, 6.07) is 16.4. The summed E-state index contributed by atoms with van der Waals surface area (Å²) in [5.41, 5.74) is 4.14. The molecular formula is C29H31BN2O6S. The van der Waals surface area contributed by atoms with Gasteiger partial charge in [0, 0.05) is 12.5 Å². The first-order chi connectivity index (χ1) is 18.6. The quantitative estimate of drug-likeness (QED) is 0.310. The van der Waals surface area contributed by atoms with E-state index in [1.807, 2.05) is 52.0 Å². The van der Waals surface area contributed by atoms with Gasteiger partial charge in [0.2, 0.25) is 0 Å². The van der Waals surface area contributed by atoms with Gasteiger partial charge in [0.05, 0.1) is 24.5 Å². The van der Waals surface area contributed by atoms with E-state index in [9.17, 15) is 9.59 Å². The molecule has 39 heavy (non-hydrogen) atoms. The van der Waals surface area contributed by atoms with Crippen molar-refractivity contribution in [3.63, 3.8) is 0 Å². The normalized spacial score (nSPS) is 17.5. The van der Waals surface area contributed by atoms with Gasteiger partial charge < -0.3 is 24.1 Å². The molecule has 2 aromatic carbocycles. The van der Waals surface area contributed by atoms with Crippen molar-refractivity contribution in [2.24, 2.45) is 0 Å². The van der Waals surface area contributed by atoms with Gasteiger partial charge in [-0.2, -0.15) is 0 Å². The molecule has 0 radical (unpaired) electrons. The van der Waals surface area contributed by atoms with E-state index in [1.54, 1.807) is 6.08 Å². The van der Waals surface area contributed by atoms with Crippen LogP contribution < -0.4 is 5.32 Å². The second kappa shape index (κ2) is 10.6. The molecule has 1 aliphatic carbocycles. The number of alkyl carbamates (subject to hydrolysis) is 1. The average molecular weight is 546 g/mol. The third kappa shape index (κ3) is 5.37. The fraction of sp³-hybridized carbons (Fsp3) is 0.345. The molecule has 1 fully saturated rings. The van der Waals surface area contributed by atoms with Gasteiger partial charge in [-0.3, -0.25) is 0 Å². The van der Waals surface area contributed by atoms with Crippen LogP contribution in [0.15, 0.2) is 60.2 Å². The van der Waals surface area contributed by atoms with Crippen molar-refractivity contribution < 1.29 is 28.4 Å². The molecule has 1 N–H and O–H groups in total. The Morgan fingerprint density at radius 3 is 2.21 bits per heavy atom. The SMILES string of the molecule is COC(=O)c1cnc(C=C(CNC(=O)OCC2c3ccccc3-c3ccccc32)B2OC(C)(C)C(C)(C)O2)s1. The topological polar surface area (TPSA) is 96.0 Å². The Bertz CT molecular complexity index is 1370. The second-order valence-electron chi connectivity index (χ2n) is 10.5. The monoisotopic (exact) mass is 546 g/mol. The van der Waals surface area contributed by atoms with Crippen LogP contribution in [0.25, 0.3) is 17.2 Å². The maximum Gasteiger partial charge on any atom is 0.492 e. The number of hydrogen-bond donors (Lipinski definition) is 1. The number of nitrogens with one attached hydrogen (secondary N) is 1. The molecule has 0 bridgehead atoms. The number of hydrogen-bond acceptors (Lipinski definition) is 8. The van der Waals surface area contributed by atoms with Crippen LogP contribution >= 0.6 is 11.3 Å². The first-order valence-electron chi connectivity index (χ1n) is 12.8. The van der Waals surface area contributed by atoms with Crippen LogP contribution in [0.1, 0.15) is 59.4 Å². The summed E-state index contributed by atoms with van der Waals surface area (Å²) < 4.78 is 22.9. The van der Waals surface area contributed by atoms with E-state index in [-0.39, 0.29) is 19.1 Å². The first-order valence-corrected chi connectivity index (χ1v) is 13.6. The number of nitrogens with zero attached hydrogens (tertiary/aromatic N) is 1. The standard InChI is InChI=1S/C29H31BN2O6S/c1-28(2)29(3,4)38-30(37-28)18(14-25-31-16-24(39-25)26(33)35-5)15-32-27(34)36-17-23-21-12-8-6-10-19(21)20-11-7-9-13-22(20)23/h6-14,16,23H,15,17H2,1-5H3,(H,32,34). The van der Waals surface area contributed by atoms with Crippen LogP contribution in [0.2, 0.25) is 0 Å². The van der Waals surface area contributed by atoms with Crippen LogP contribution in [0.5, 0.6) is 0 Å². The average Bonchev–Trinajstić information content (AvgIpc) is 3.57. The van der Waals surface area contributed by atoms with Crippen molar-refractivity contribution in [3.8, 4) is 11.1 Å². The van der Waals surface area contributed by atoms with Crippen LogP contribution in [-0.4, -0.2) is 55.6 Å². The zero-order chi connectivity index (χ0) is 27.8. The molecule has 3 aromatic rings. The molecule has 1 saturated heterocycles. The fourth-order valence-corrected chi connectivity index (χ4v) is 5.54. The largest absolute Gasteiger partial charge is 0.492 e. The fourth-order valence-electron chi connectivity index (χ4n) is 4.73. The number of methoxy groups -OCH3 is 1. The van der Waals surface area contributed by atoms with Gasteiger partial charge >= 0.3 is 19.2 Å². The summed E-state index contributed by atoms with van der Waals surface area (Å²) in [5, 5.41) is 3.41. The highest BCUT2D eigenvalue weighted by atomic mass is 32.1. The Kier molecular flexibility index (Phi) is 7.37. The Balaban J connectivity index is 1.30. The van der Waals surface area contributed by atoms with Gasteiger partial charge in [0.1, 0.15) is 16.5 Å². The number of ether oxygens (including phenoxy) is 2. The van der Waals surface area contributed by atoms with Gasteiger partial charge in [-0.05, 0) is 61.5 Å². The number of esters is 1. The minimum Gasteiger partial charge on any atom is -0.465 e. The van der Waals surface area contributed by atoms with E-state index < -0.39 is 30.4 Å². The van der Waals surface area contributed by atoms with Crippen molar-refractivity contribution in [1.82, 2.24) is 10.3 Å². The lowest BCUT2D eigenvalue weighted by Gasteiger charge is -2.32. The molecule has 1 amide bonds. The second-order valence-corrected chi connectivity index (χ2v) is 11.6. The molecule has 1 aliphatic heterocycles. The van der Waals surface area contributed by atoms with Crippen LogP contribution in [-0.2, 0) is 18.8 Å². The lowest BCUT2D eigenvalue weighted by atomic mass is 9.77. The molecule has 0 unspecified atom stereocenters. The molecule has 5 rings (SSSR count). The van der Waals surface area contributed by atoms with Gasteiger partial charge in [-0.1, -0.05) is 48.5 Å². The van der Waals surface area contributed by atoms with Crippen LogP contribution in [0, 0.1) is 0 Å². The van der Waals surface area contributed by atoms with E-state index in [2.05, 4.69) is 34.6 Å². The smallest absolute Gasteiger partial charge is 0.465 e.